The number of rotatable bonds is 1. The molecule has 1 atom stereocenters. The number of benzene rings is 1. The quantitative estimate of drug-likeness (QED) is 0.467. The molecule has 120 valence electrons. The number of piperidine rings is 1. The van der Waals surface area contributed by atoms with E-state index in [9.17, 15) is 19.2 Å². The minimum atomic E-state index is -0.974. The van der Waals surface area contributed by atoms with Gasteiger partial charge in [-0.3, -0.25) is 29.4 Å². The molecule has 0 aliphatic carbocycles. The van der Waals surface area contributed by atoms with Crippen LogP contribution in [-0.2, 0) is 9.59 Å². The van der Waals surface area contributed by atoms with Crippen LogP contribution in [0.15, 0.2) is 13.4 Å². The van der Waals surface area contributed by atoms with Gasteiger partial charge in [0.15, 0.2) is 0 Å². The van der Waals surface area contributed by atoms with Gasteiger partial charge in [-0.1, -0.05) is 0 Å². The summed E-state index contributed by atoms with van der Waals surface area (Å²) in [6, 6.07) is -0.974. The average molecular weight is 509 g/mol. The van der Waals surface area contributed by atoms with E-state index in [1.807, 2.05) is 0 Å². The van der Waals surface area contributed by atoms with Crippen molar-refractivity contribution in [2.45, 2.75) is 25.8 Å². The molecule has 0 spiro atoms. The van der Waals surface area contributed by atoms with E-state index in [0.29, 0.717) is 13.4 Å². The summed E-state index contributed by atoms with van der Waals surface area (Å²) in [5, 5.41) is 2.17. The maximum absolute atomic E-state index is 12.7. The molecule has 9 heteroatoms. The first kappa shape index (κ1) is 16.8. The lowest BCUT2D eigenvalue weighted by molar-refractivity contribution is -0.136. The molecule has 1 aromatic carbocycles. The first-order valence-electron chi connectivity index (χ1n) is 6.64. The molecule has 0 saturated carbocycles. The van der Waals surface area contributed by atoms with Crippen LogP contribution in [0, 0.1) is 6.92 Å². The first-order chi connectivity index (χ1) is 10.8. The molecule has 4 amide bonds. The van der Waals surface area contributed by atoms with Gasteiger partial charge in [-0.15, -0.1) is 0 Å². The number of nitrogens with one attached hydrogen (secondary N) is 1. The molecule has 0 radical (unpaired) electrons. The Hall–Kier alpha value is -1.06. The minimum Gasteiger partial charge on any atom is -0.295 e. The average Bonchev–Trinajstić information content (AvgIpc) is 2.75. The second kappa shape index (κ2) is 5.78. The predicted octanol–water partition coefficient (Wildman–Crippen LogP) is 2.68. The highest BCUT2D eigenvalue weighted by atomic mass is 79.9. The fraction of sp³-hybridized carbons (Fsp3) is 0.286. The smallest absolute Gasteiger partial charge is 0.263 e. The summed E-state index contributed by atoms with van der Waals surface area (Å²) in [5.74, 6) is -2.11. The molecule has 1 aromatic rings. The van der Waals surface area contributed by atoms with Crippen molar-refractivity contribution in [1.82, 2.24) is 10.2 Å². The summed E-state index contributed by atoms with van der Waals surface area (Å²) < 4.78 is 1.64. The van der Waals surface area contributed by atoms with Crippen molar-refractivity contribution in [2.24, 2.45) is 0 Å². The van der Waals surface area contributed by atoms with Gasteiger partial charge in [0.05, 0.1) is 11.1 Å². The zero-order chi connectivity index (χ0) is 17.0. The van der Waals surface area contributed by atoms with Gasteiger partial charge in [0.25, 0.3) is 11.8 Å². The number of hydrogen-bond acceptors (Lipinski definition) is 4. The van der Waals surface area contributed by atoms with Crippen molar-refractivity contribution < 1.29 is 19.2 Å². The summed E-state index contributed by atoms with van der Waals surface area (Å²) in [5.41, 5.74) is 1.21. The van der Waals surface area contributed by atoms with Gasteiger partial charge in [-0.25, -0.2) is 0 Å². The molecule has 0 bridgehead atoms. The Morgan fingerprint density at radius 2 is 1.52 bits per heavy atom. The minimum absolute atomic E-state index is 0.0921. The Kier molecular flexibility index (Phi) is 4.22. The standard InChI is InChI=1S/C14H9Br3N2O4/c1-4-9(15)7-8(11(17)10(4)16)14(23)19(13(7)22)5-2-3-6(20)18-12(5)21/h5H,2-3H2,1H3,(H,18,20,21). The zero-order valence-electron chi connectivity index (χ0n) is 11.7. The van der Waals surface area contributed by atoms with E-state index in [0.717, 1.165) is 10.5 Å². The Labute approximate surface area is 156 Å². The molecule has 1 unspecified atom stereocenters. The number of nitrogens with zero attached hydrogens (tertiary/aromatic N) is 1. The zero-order valence-corrected chi connectivity index (χ0v) is 16.5. The fourth-order valence-corrected chi connectivity index (χ4v) is 4.62. The molecule has 2 heterocycles. The third-order valence-corrected chi connectivity index (χ3v) is 7.23. The summed E-state index contributed by atoms with van der Waals surface area (Å²) in [7, 11) is 0. The third kappa shape index (κ3) is 2.40. The van der Waals surface area contributed by atoms with Crippen molar-refractivity contribution in [1.29, 1.82) is 0 Å². The number of carbonyl (C=O) groups is 4. The van der Waals surface area contributed by atoms with Crippen molar-refractivity contribution in [2.75, 3.05) is 0 Å². The van der Waals surface area contributed by atoms with Gasteiger partial charge in [0.1, 0.15) is 6.04 Å². The lowest BCUT2D eigenvalue weighted by Crippen LogP contribution is -2.54. The lowest BCUT2D eigenvalue weighted by Gasteiger charge is -2.27. The normalized spacial score (nSPS) is 20.9. The number of halogens is 3. The number of hydrogen-bond donors (Lipinski definition) is 1. The maximum atomic E-state index is 12.7. The van der Waals surface area contributed by atoms with Crippen LogP contribution in [-0.4, -0.2) is 34.6 Å². The predicted molar refractivity (Wildman–Crippen MR) is 91.0 cm³/mol. The molecule has 0 aromatic heterocycles. The molecule has 3 rings (SSSR count). The largest absolute Gasteiger partial charge is 0.295 e. The monoisotopic (exact) mass is 506 g/mol. The summed E-state index contributed by atoms with van der Waals surface area (Å²) >= 11 is 10.1. The third-order valence-electron chi connectivity index (χ3n) is 3.93. The molecule has 2 aliphatic heterocycles. The van der Waals surface area contributed by atoms with E-state index in [4.69, 9.17) is 0 Å². The van der Waals surface area contributed by atoms with E-state index >= 15 is 0 Å². The number of amides is 4. The van der Waals surface area contributed by atoms with Gasteiger partial charge in [-0.2, -0.15) is 0 Å². The van der Waals surface area contributed by atoms with Crippen LogP contribution in [0.5, 0.6) is 0 Å². The van der Waals surface area contributed by atoms with Gasteiger partial charge in [0.2, 0.25) is 11.8 Å². The summed E-state index contributed by atoms with van der Waals surface area (Å²) in [6.45, 7) is 1.80. The van der Waals surface area contributed by atoms with E-state index in [1.54, 1.807) is 6.92 Å². The molecule has 23 heavy (non-hydrogen) atoms. The Morgan fingerprint density at radius 3 is 2.09 bits per heavy atom. The highest BCUT2D eigenvalue weighted by Gasteiger charge is 2.47. The van der Waals surface area contributed by atoms with Crippen molar-refractivity contribution in [3.05, 3.63) is 30.1 Å². The van der Waals surface area contributed by atoms with Gasteiger partial charge >= 0.3 is 0 Å². The highest BCUT2D eigenvalue weighted by Crippen LogP contribution is 2.43. The second-order valence-corrected chi connectivity index (χ2v) is 7.64. The van der Waals surface area contributed by atoms with Crippen LogP contribution in [0.3, 0.4) is 0 Å². The van der Waals surface area contributed by atoms with Crippen LogP contribution in [0.2, 0.25) is 0 Å². The summed E-state index contributed by atoms with van der Waals surface area (Å²) in [6.07, 6.45) is 0.223. The van der Waals surface area contributed by atoms with Crippen LogP contribution in [0.4, 0.5) is 0 Å². The van der Waals surface area contributed by atoms with Crippen LogP contribution >= 0.6 is 47.8 Å². The van der Waals surface area contributed by atoms with Crippen molar-refractivity contribution in [3.8, 4) is 0 Å². The number of carbonyl (C=O) groups excluding carboxylic acids is 4. The molecular weight excluding hydrogens is 500 g/mol. The maximum Gasteiger partial charge on any atom is 0.263 e. The first-order valence-corrected chi connectivity index (χ1v) is 9.02. The van der Waals surface area contributed by atoms with Crippen LogP contribution in [0.1, 0.15) is 39.1 Å². The molecular formula is C14H9Br3N2O4. The summed E-state index contributed by atoms with van der Waals surface area (Å²) in [4.78, 5) is 49.7. The Morgan fingerprint density at radius 1 is 0.957 bits per heavy atom. The highest BCUT2D eigenvalue weighted by molar-refractivity contribution is 9.13. The topological polar surface area (TPSA) is 83.6 Å². The van der Waals surface area contributed by atoms with E-state index in [-0.39, 0.29) is 24.0 Å². The number of imide groups is 2. The van der Waals surface area contributed by atoms with Crippen LogP contribution in [0.25, 0.3) is 0 Å². The Bertz CT molecular complexity index is 759. The second-order valence-electron chi connectivity index (χ2n) is 5.26. The fourth-order valence-electron chi connectivity index (χ4n) is 2.72. The SMILES string of the molecule is Cc1c(Br)c(Br)c2c(c1Br)C(=O)N(C1CCC(=O)NC1=O)C2=O. The molecule has 6 nitrogen and oxygen atoms in total. The number of fused-ring (bicyclic) bond motifs is 1. The van der Waals surface area contributed by atoms with Gasteiger partial charge in [0, 0.05) is 19.8 Å². The molecule has 1 saturated heterocycles. The van der Waals surface area contributed by atoms with E-state index < -0.39 is 29.7 Å². The molecule has 1 N–H and O–H groups in total. The van der Waals surface area contributed by atoms with Crippen molar-refractivity contribution in [3.63, 3.8) is 0 Å². The van der Waals surface area contributed by atoms with Gasteiger partial charge in [-0.05, 0) is 66.7 Å². The van der Waals surface area contributed by atoms with E-state index in [2.05, 4.69) is 53.1 Å². The molecule has 2 aliphatic rings. The van der Waals surface area contributed by atoms with Crippen LogP contribution < -0.4 is 5.32 Å². The van der Waals surface area contributed by atoms with Gasteiger partial charge < -0.3 is 0 Å². The lowest BCUT2D eigenvalue weighted by atomic mass is 10.0. The molecule has 1 fully saturated rings. The van der Waals surface area contributed by atoms with E-state index in [1.165, 1.54) is 0 Å². The van der Waals surface area contributed by atoms with Crippen molar-refractivity contribution >= 4 is 71.4 Å². The Balaban J connectivity index is 2.12.